The van der Waals surface area contributed by atoms with E-state index in [1.807, 2.05) is 6.07 Å². The van der Waals surface area contributed by atoms with E-state index < -0.39 is 17.7 Å². The predicted molar refractivity (Wildman–Crippen MR) is 117 cm³/mol. The van der Waals surface area contributed by atoms with E-state index in [9.17, 15) is 14.7 Å². The molecule has 2 aliphatic rings. The van der Waals surface area contributed by atoms with Crippen LogP contribution in [0.1, 0.15) is 23.6 Å². The summed E-state index contributed by atoms with van der Waals surface area (Å²) in [5.74, 6) is -1.50. The predicted octanol–water partition coefficient (Wildman–Crippen LogP) is 2.88. The van der Waals surface area contributed by atoms with E-state index in [1.54, 1.807) is 47.6 Å². The topological polar surface area (TPSA) is 83.0 Å². The van der Waals surface area contributed by atoms with Gasteiger partial charge in [-0.25, -0.2) is 0 Å². The molecule has 2 aromatic rings. The number of aromatic nitrogens is 1. The molecule has 0 spiro atoms. The molecule has 1 aromatic heterocycles. The van der Waals surface area contributed by atoms with Gasteiger partial charge in [-0.15, -0.1) is 0 Å². The Labute approximate surface area is 185 Å². The van der Waals surface area contributed by atoms with Crippen LogP contribution in [0, 0.1) is 0 Å². The second-order valence-corrected chi connectivity index (χ2v) is 8.03. The number of halogens is 1. The molecular weight excluding hydrogens is 418 g/mol. The fraction of sp³-hybridized carbons (Fsp3) is 0.348. The summed E-state index contributed by atoms with van der Waals surface area (Å²) in [6, 6.07) is 9.41. The van der Waals surface area contributed by atoms with Crippen LogP contribution in [-0.2, 0) is 14.3 Å². The van der Waals surface area contributed by atoms with Gasteiger partial charge in [0.1, 0.15) is 5.76 Å². The number of aliphatic hydroxyl groups is 1. The molecule has 1 aromatic carbocycles. The van der Waals surface area contributed by atoms with Crippen molar-refractivity contribution in [2.45, 2.75) is 12.5 Å². The highest BCUT2D eigenvalue weighted by Crippen LogP contribution is 2.39. The Morgan fingerprint density at radius 3 is 2.55 bits per heavy atom. The second kappa shape index (κ2) is 9.60. The van der Waals surface area contributed by atoms with Crippen LogP contribution >= 0.6 is 11.6 Å². The average molecular weight is 442 g/mol. The molecular formula is C23H24ClN3O4. The van der Waals surface area contributed by atoms with Gasteiger partial charge in [0.15, 0.2) is 0 Å². The van der Waals surface area contributed by atoms with Crippen LogP contribution in [0.4, 0.5) is 0 Å². The van der Waals surface area contributed by atoms with E-state index in [2.05, 4.69) is 9.88 Å². The quantitative estimate of drug-likeness (QED) is 0.421. The highest BCUT2D eigenvalue weighted by Gasteiger charge is 2.45. The molecule has 1 atom stereocenters. The molecule has 0 radical (unpaired) electrons. The smallest absolute Gasteiger partial charge is 0.295 e. The lowest BCUT2D eigenvalue weighted by molar-refractivity contribution is -0.140. The normalized spacial score (nSPS) is 21.6. The zero-order valence-corrected chi connectivity index (χ0v) is 17.8. The summed E-state index contributed by atoms with van der Waals surface area (Å²) in [6.07, 6.45) is 3.97. The lowest BCUT2D eigenvalue weighted by atomic mass is 9.96. The van der Waals surface area contributed by atoms with E-state index in [0.29, 0.717) is 42.3 Å². The van der Waals surface area contributed by atoms with Gasteiger partial charge in [0, 0.05) is 49.2 Å². The largest absolute Gasteiger partial charge is 0.507 e. The van der Waals surface area contributed by atoms with Crippen LogP contribution in [0.2, 0.25) is 5.02 Å². The maximum Gasteiger partial charge on any atom is 0.295 e. The lowest BCUT2D eigenvalue weighted by Crippen LogP contribution is -2.39. The van der Waals surface area contributed by atoms with Crippen LogP contribution < -0.4 is 0 Å². The number of ether oxygens (including phenoxy) is 1. The number of morpholine rings is 1. The molecule has 1 amide bonds. The van der Waals surface area contributed by atoms with Crippen molar-refractivity contribution < 1.29 is 19.4 Å². The molecule has 1 N–H and O–H groups in total. The number of amides is 1. The number of nitrogens with zero attached hydrogens (tertiary/aromatic N) is 3. The van der Waals surface area contributed by atoms with Crippen molar-refractivity contribution in [3.05, 3.63) is 70.5 Å². The Bertz CT molecular complexity index is 972. The van der Waals surface area contributed by atoms with Crippen molar-refractivity contribution in [2.75, 3.05) is 39.4 Å². The summed E-state index contributed by atoms with van der Waals surface area (Å²) in [6.45, 7) is 4.35. The average Bonchev–Trinajstić information content (AvgIpc) is 3.05. The van der Waals surface area contributed by atoms with Gasteiger partial charge in [0.2, 0.25) is 0 Å². The van der Waals surface area contributed by atoms with Crippen molar-refractivity contribution >= 4 is 29.1 Å². The Balaban J connectivity index is 1.64. The van der Waals surface area contributed by atoms with Crippen molar-refractivity contribution in [3.63, 3.8) is 0 Å². The molecule has 4 rings (SSSR count). The van der Waals surface area contributed by atoms with E-state index in [4.69, 9.17) is 16.3 Å². The number of benzene rings is 1. The number of Topliss-reactive ketones (excluding diaryl/α,β-unsaturated/α-hetero) is 1. The summed E-state index contributed by atoms with van der Waals surface area (Å²) in [7, 11) is 0. The fourth-order valence-electron chi connectivity index (χ4n) is 4.05. The van der Waals surface area contributed by atoms with E-state index in [0.717, 1.165) is 19.6 Å². The van der Waals surface area contributed by atoms with E-state index >= 15 is 0 Å². The number of rotatable bonds is 6. The summed E-state index contributed by atoms with van der Waals surface area (Å²) < 4.78 is 5.38. The minimum atomic E-state index is -0.687. The Morgan fingerprint density at radius 1 is 1.13 bits per heavy atom. The van der Waals surface area contributed by atoms with E-state index in [1.165, 1.54) is 0 Å². The first kappa shape index (κ1) is 21.5. The van der Waals surface area contributed by atoms with Gasteiger partial charge < -0.3 is 14.7 Å². The monoisotopic (exact) mass is 441 g/mol. The first-order valence-corrected chi connectivity index (χ1v) is 10.7. The zero-order valence-electron chi connectivity index (χ0n) is 17.0. The zero-order chi connectivity index (χ0) is 21.8. The third kappa shape index (κ3) is 4.63. The number of carbonyl (C=O) groups is 2. The first-order valence-electron chi connectivity index (χ1n) is 10.3. The summed E-state index contributed by atoms with van der Waals surface area (Å²) in [5, 5.41) is 11.5. The third-order valence-electron chi connectivity index (χ3n) is 5.63. The fourth-order valence-corrected chi connectivity index (χ4v) is 4.17. The van der Waals surface area contributed by atoms with Gasteiger partial charge in [-0.2, -0.15) is 0 Å². The summed E-state index contributed by atoms with van der Waals surface area (Å²) >= 11 is 5.95. The summed E-state index contributed by atoms with van der Waals surface area (Å²) in [5.41, 5.74) is 1.19. The van der Waals surface area contributed by atoms with Crippen molar-refractivity contribution in [3.8, 4) is 0 Å². The molecule has 162 valence electrons. The van der Waals surface area contributed by atoms with Crippen LogP contribution in [0.5, 0.6) is 0 Å². The molecule has 0 bridgehead atoms. The number of hydrogen-bond donors (Lipinski definition) is 1. The third-order valence-corrected chi connectivity index (χ3v) is 5.89. The van der Waals surface area contributed by atoms with Crippen LogP contribution in [0.15, 0.2) is 54.4 Å². The first-order chi connectivity index (χ1) is 15.1. The number of ketones is 1. The number of hydrogen-bond acceptors (Lipinski definition) is 6. The SMILES string of the molecule is O=C1C(=O)N(CCCN2CCOCC2)[C@H](c2cccnc2)C1=C(O)c1ccc(Cl)cc1. The molecule has 2 aliphatic heterocycles. The number of carbonyl (C=O) groups excluding carboxylic acids is 2. The molecule has 0 aliphatic carbocycles. The van der Waals surface area contributed by atoms with Gasteiger partial charge in [0.25, 0.3) is 11.7 Å². The second-order valence-electron chi connectivity index (χ2n) is 7.59. The molecule has 31 heavy (non-hydrogen) atoms. The van der Waals surface area contributed by atoms with Gasteiger partial charge in [0.05, 0.1) is 24.8 Å². The Kier molecular flexibility index (Phi) is 6.65. The lowest BCUT2D eigenvalue weighted by Gasteiger charge is -2.29. The van der Waals surface area contributed by atoms with Crippen molar-refractivity contribution in [1.29, 1.82) is 0 Å². The Morgan fingerprint density at radius 2 is 1.87 bits per heavy atom. The van der Waals surface area contributed by atoms with Crippen LogP contribution in [0.25, 0.3) is 5.76 Å². The van der Waals surface area contributed by atoms with Gasteiger partial charge in [-0.05, 0) is 42.3 Å². The van der Waals surface area contributed by atoms with Crippen molar-refractivity contribution in [2.24, 2.45) is 0 Å². The molecule has 0 unspecified atom stereocenters. The molecule has 3 heterocycles. The standard InChI is InChI=1S/C23H24ClN3O4/c24-18-6-4-16(5-7-18)21(28)19-20(17-3-1-8-25-15-17)27(23(30)22(19)29)10-2-9-26-11-13-31-14-12-26/h1,3-8,15,20,28H,2,9-14H2/t20-/m1/s1. The molecule has 7 nitrogen and oxygen atoms in total. The van der Waals surface area contributed by atoms with Crippen LogP contribution in [0.3, 0.4) is 0 Å². The molecule has 2 fully saturated rings. The van der Waals surface area contributed by atoms with E-state index in [-0.39, 0.29) is 11.3 Å². The highest BCUT2D eigenvalue weighted by atomic mass is 35.5. The number of pyridine rings is 1. The maximum atomic E-state index is 13.0. The van der Waals surface area contributed by atoms with Crippen LogP contribution in [-0.4, -0.2) is 71.0 Å². The van der Waals surface area contributed by atoms with Gasteiger partial charge >= 0.3 is 0 Å². The molecule has 0 saturated carbocycles. The molecule has 2 saturated heterocycles. The van der Waals surface area contributed by atoms with Crippen molar-refractivity contribution in [1.82, 2.24) is 14.8 Å². The van der Waals surface area contributed by atoms with Gasteiger partial charge in [-0.1, -0.05) is 17.7 Å². The minimum Gasteiger partial charge on any atom is -0.507 e. The maximum absolute atomic E-state index is 13.0. The van der Waals surface area contributed by atoms with Gasteiger partial charge in [-0.3, -0.25) is 19.5 Å². The number of aliphatic hydroxyl groups excluding tert-OH is 1. The summed E-state index contributed by atoms with van der Waals surface area (Å²) in [4.78, 5) is 33.9. The Hall–Kier alpha value is -2.74. The highest BCUT2D eigenvalue weighted by molar-refractivity contribution is 6.46. The minimum absolute atomic E-state index is 0.0756. The number of likely N-dealkylation sites (tertiary alicyclic amines) is 1. The molecule has 8 heteroatoms.